The first-order valence-electron chi connectivity index (χ1n) is 11.2. The lowest BCUT2D eigenvalue weighted by Crippen LogP contribution is -2.51. The van der Waals surface area contributed by atoms with Crippen molar-refractivity contribution in [1.82, 2.24) is 10.2 Å². The SMILES string of the molecule is CC[C@@H](C(=O)NC)N(Cc1ccccc1C)C(=O)CN(c1cccc2ccccc12)S(C)(=O)=O. The van der Waals surface area contributed by atoms with Gasteiger partial charge in [0.2, 0.25) is 21.8 Å². The van der Waals surface area contributed by atoms with Crippen LogP contribution in [-0.4, -0.2) is 51.0 Å². The van der Waals surface area contributed by atoms with E-state index in [0.717, 1.165) is 32.5 Å². The molecule has 3 rings (SSSR count). The van der Waals surface area contributed by atoms with Crippen molar-refractivity contribution in [2.75, 3.05) is 24.2 Å². The second-order valence-electron chi connectivity index (χ2n) is 8.25. The molecule has 0 spiro atoms. The maximum Gasteiger partial charge on any atom is 0.244 e. The Kier molecular flexibility index (Phi) is 7.94. The van der Waals surface area contributed by atoms with E-state index in [1.54, 1.807) is 12.1 Å². The Morgan fingerprint density at radius 2 is 1.62 bits per heavy atom. The van der Waals surface area contributed by atoms with Crippen LogP contribution in [0.15, 0.2) is 66.7 Å². The molecule has 0 bridgehead atoms. The number of fused-ring (bicyclic) bond motifs is 1. The lowest BCUT2D eigenvalue weighted by molar-refractivity contribution is -0.140. The summed E-state index contributed by atoms with van der Waals surface area (Å²) in [6, 6.07) is 19.7. The van der Waals surface area contributed by atoms with Gasteiger partial charge in [0.1, 0.15) is 12.6 Å². The van der Waals surface area contributed by atoms with E-state index in [4.69, 9.17) is 0 Å². The fraction of sp³-hybridized carbons (Fsp3) is 0.308. The fourth-order valence-corrected chi connectivity index (χ4v) is 4.94. The van der Waals surface area contributed by atoms with E-state index in [1.165, 1.54) is 11.9 Å². The third-order valence-electron chi connectivity index (χ3n) is 5.95. The van der Waals surface area contributed by atoms with Crippen LogP contribution in [0.3, 0.4) is 0 Å². The Hall–Kier alpha value is -3.39. The van der Waals surface area contributed by atoms with Crippen LogP contribution in [-0.2, 0) is 26.2 Å². The van der Waals surface area contributed by atoms with Gasteiger partial charge in [0.05, 0.1) is 11.9 Å². The normalized spacial score (nSPS) is 12.2. The Labute approximate surface area is 201 Å². The number of hydrogen-bond donors (Lipinski definition) is 1. The molecule has 0 aliphatic rings. The molecule has 0 aliphatic carbocycles. The van der Waals surface area contributed by atoms with Crippen molar-refractivity contribution in [2.45, 2.75) is 32.9 Å². The number of benzene rings is 3. The summed E-state index contributed by atoms with van der Waals surface area (Å²) in [5.41, 5.74) is 2.31. The number of hydrogen-bond acceptors (Lipinski definition) is 4. The van der Waals surface area contributed by atoms with Gasteiger partial charge in [-0.05, 0) is 35.9 Å². The summed E-state index contributed by atoms with van der Waals surface area (Å²) in [6.45, 7) is 3.56. The average molecular weight is 482 g/mol. The number of likely N-dealkylation sites (N-methyl/N-ethyl adjacent to an activating group) is 1. The topological polar surface area (TPSA) is 86.8 Å². The maximum absolute atomic E-state index is 13.7. The van der Waals surface area contributed by atoms with Crippen LogP contribution in [0.25, 0.3) is 10.8 Å². The molecule has 1 atom stereocenters. The van der Waals surface area contributed by atoms with Gasteiger partial charge in [0.25, 0.3) is 0 Å². The van der Waals surface area contributed by atoms with E-state index in [-0.39, 0.29) is 12.5 Å². The van der Waals surface area contributed by atoms with Crippen molar-refractivity contribution in [3.63, 3.8) is 0 Å². The monoisotopic (exact) mass is 481 g/mol. The van der Waals surface area contributed by atoms with Crippen molar-refractivity contribution < 1.29 is 18.0 Å². The standard InChI is InChI=1S/C26H31N3O4S/c1-5-23(26(31)27-3)28(17-21-13-7-6-11-19(21)2)25(30)18-29(34(4,32)33)24-16-10-14-20-12-8-9-15-22(20)24/h6-16,23H,5,17-18H2,1-4H3,(H,27,31)/t23-/m0/s1. The van der Waals surface area contributed by atoms with Crippen molar-refractivity contribution in [3.8, 4) is 0 Å². The van der Waals surface area contributed by atoms with E-state index in [2.05, 4.69) is 5.32 Å². The molecular formula is C26H31N3O4S. The van der Waals surface area contributed by atoms with Gasteiger partial charge in [-0.25, -0.2) is 8.42 Å². The van der Waals surface area contributed by atoms with Crippen LogP contribution in [0.1, 0.15) is 24.5 Å². The Morgan fingerprint density at radius 3 is 2.26 bits per heavy atom. The van der Waals surface area contributed by atoms with Gasteiger partial charge < -0.3 is 10.2 Å². The highest BCUT2D eigenvalue weighted by Gasteiger charge is 2.31. The first-order chi connectivity index (χ1) is 16.2. The van der Waals surface area contributed by atoms with E-state index >= 15 is 0 Å². The predicted molar refractivity (Wildman–Crippen MR) is 136 cm³/mol. The molecule has 0 saturated heterocycles. The number of amides is 2. The largest absolute Gasteiger partial charge is 0.357 e. The third-order valence-corrected chi connectivity index (χ3v) is 7.08. The Bertz CT molecular complexity index is 1280. The van der Waals surface area contributed by atoms with Crippen LogP contribution in [0, 0.1) is 6.92 Å². The molecule has 3 aromatic carbocycles. The van der Waals surface area contributed by atoms with Gasteiger partial charge in [0, 0.05) is 19.0 Å². The summed E-state index contributed by atoms with van der Waals surface area (Å²) in [4.78, 5) is 27.8. The predicted octanol–water partition coefficient (Wildman–Crippen LogP) is 3.47. The molecule has 0 fully saturated rings. The van der Waals surface area contributed by atoms with E-state index in [9.17, 15) is 18.0 Å². The van der Waals surface area contributed by atoms with Gasteiger partial charge in [-0.2, -0.15) is 0 Å². The summed E-state index contributed by atoms with van der Waals surface area (Å²) in [7, 11) is -2.26. The van der Waals surface area contributed by atoms with E-state index in [1.807, 2.05) is 68.4 Å². The van der Waals surface area contributed by atoms with Gasteiger partial charge >= 0.3 is 0 Å². The minimum absolute atomic E-state index is 0.199. The quantitative estimate of drug-likeness (QED) is 0.507. The number of sulfonamides is 1. The van der Waals surface area contributed by atoms with Crippen molar-refractivity contribution in [2.24, 2.45) is 0 Å². The zero-order valence-electron chi connectivity index (χ0n) is 20.0. The van der Waals surface area contributed by atoms with Crippen molar-refractivity contribution in [1.29, 1.82) is 0 Å². The number of nitrogens with zero attached hydrogens (tertiary/aromatic N) is 2. The van der Waals surface area contributed by atoms with Crippen molar-refractivity contribution in [3.05, 3.63) is 77.9 Å². The van der Waals surface area contributed by atoms with Crippen LogP contribution >= 0.6 is 0 Å². The van der Waals surface area contributed by atoms with Gasteiger partial charge in [0.15, 0.2) is 0 Å². The van der Waals surface area contributed by atoms with Gasteiger partial charge in [-0.1, -0.05) is 67.6 Å². The zero-order valence-corrected chi connectivity index (χ0v) is 20.8. The molecular weight excluding hydrogens is 450 g/mol. The fourth-order valence-electron chi connectivity index (χ4n) is 4.08. The van der Waals surface area contributed by atoms with E-state index in [0.29, 0.717) is 12.1 Å². The zero-order chi connectivity index (χ0) is 24.9. The third kappa shape index (κ3) is 5.56. The number of nitrogens with one attached hydrogen (secondary N) is 1. The first kappa shape index (κ1) is 25.2. The average Bonchev–Trinajstić information content (AvgIpc) is 2.82. The lowest BCUT2D eigenvalue weighted by atomic mass is 10.1. The van der Waals surface area contributed by atoms with E-state index < -0.39 is 28.5 Å². The molecule has 34 heavy (non-hydrogen) atoms. The molecule has 0 aliphatic heterocycles. The summed E-state index contributed by atoms with van der Waals surface area (Å²) >= 11 is 0. The first-order valence-corrected chi connectivity index (χ1v) is 13.0. The highest BCUT2D eigenvalue weighted by Crippen LogP contribution is 2.29. The Morgan fingerprint density at radius 1 is 0.971 bits per heavy atom. The molecule has 3 aromatic rings. The second kappa shape index (κ2) is 10.7. The van der Waals surface area contributed by atoms with Crippen LogP contribution in [0.4, 0.5) is 5.69 Å². The lowest BCUT2D eigenvalue weighted by Gasteiger charge is -2.33. The van der Waals surface area contributed by atoms with Crippen LogP contribution in [0.5, 0.6) is 0 Å². The Balaban J connectivity index is 2.04. The maximum atomic E-state index is 13.7. The highest BCUT2D eigenvalue weighted by molar-refractivity contribution is 7.92. The molecule has 7 nitrogen and oxygen atoms in total. The summed E-state index contributed by atoms with van der Waals surface area (Å²) in [6.07, 6.45) is 1.48. The summed E-state index contributed by atoms with van der Waals surface area (Å²) in [5.74, 6) is -0.738. The number of rotatable bonds is 9. The molecule has 0 unspecified atom stereocenters. The highest BCUT2D eigenvalue weighted by atomic mass is 32.2. The molecule has 0 heterocycles. The molecule has 0 saturated carbocycles. The second-order valence-corrected chi connectivity index (χ2v) is 10.2. The minimum Gasteiger partial charge on any atom is -0.357 e. The molecule has 1 N–H and O–H groups in total. The number of carbonyl (C=O) groups is 2. The minimum atomic E-state index is -3.79. The molecule has 180 valence electrons. The smallest absolute Gasteiger partial charge is 0.244 e. The summed E-state index contributed by atoms with van der Waals surface area (Å²) < 4.78 is 26.8. The molecule has 2 amide bonds. The number of carbonyl (C=O) groups excluding carboxylic acids is 2. The summed E-state index contributed by atoms with van der Waals surface area (Å²) in [5, 5.41) is 4.23. The van der Waals surface area contributed by atoms with Crippen molar-refractivity contribution >= 4 is 38.3 Å². The van der Waals surface area contributed by atoms with Gasteiger partial charge in [-0.3, -0.25) is 13.9 Å². The van der Waals surface area contributed by atoms with Crippen LogP contribution in [0.2, 0.25) is 0 Å². The number of aryl methyl sites for hydroxylation is 1. The molecule has 0 aromatic heterocycles. The molecule has 8 heteroatoms. The molecule has 0 radical (unpaired) electrons. The van der Waals surface area contributed by atoms with Gasteiger partial charge in [-0.15, -0.1) is 0 Å². The number of anilines is 1. The van der Waals surface area contributed by atoms with Crippen LogP contribution < -0.4 is 9.62 Å².